The van der Waals surface area contributed by atoms with E-state index in [2.05, 4.69) is 10.2 Å². The summed E-state index contributed by atoms with van der Waals surface area (Å²) in [5.41, 5.74) is 2.05. The number of amides is 1. The van der Waals surface area contributed by atoms with Crippen LogP contribution in [0.3, 0.4) is 0 Å². The molecule has 2 aromatic carbocycles. The van der Waals surface area contributed by atoms with Gasteiger partial charge in [-0.2, -0.15) is 0 Å². The number of para-hydroxylation sites is 1. The number of carbonyl (C=O) groups excluding carboxylic acids is 1. The Balaban J connectivity index is 1.93. The Morgan fingerprint density at radius 2 is 1.71 bits per heavy atom. The van der Waals surface area contributed by atoms with E-state index in [1.165, 1.54) is 16.3 Å². The molecule has 0 N–H and O–H groups in total. The third kappa shape index (κ3) is 4.40. The van der Waals surface area contributed by atoms with Crippen molar-refractivity contribution in [3.8, 4) is 11.4 Å². The van der Waals surface area contributed by atoms with Gasteiger partial charge in [0, 0.05) is 12.1 Å². The number of ether oxygens (including phenoxy) is 1. The molecule has 0 bridgehead atoms. The first-order valence-electron chi connectivity index (χ1n) is 11.7. The van der Waals surface area contributed by atoms with E-state index in [1.54, 1.807) is 13.2 Å². The van der Waals surface area contributed by atoms with Crippen molar-refractivity contribution >= 4 is 34.3 Å². The Labute approximate surface area is 208 Å². The molecule has 4 aromatic rings. The molecule has 0 aliphatic carbocycles. The second kappa shape index (κ2) is 9.73. The van der Waals surface area contributed by atoms with E-state index in [1.807, 2.05) is 87.2 Å². The predicted octanol–water partition coefficient (Wildman–Crippen LogP) is 4.48. The Kier molecular flexibility index (Phi) is 6.89. The number of hydrogen-bond donors (Lipinski definition) is 0. The molecule has 184 valence electrons. The fourth-order valence-corrected chi connectivity index (χ4v) is 5.38. The van der Waals surface area contributed by atoms with Gasteiger partial charge in [0.25, 0.3) is 5.56 Å². The molecule has 4 rings (SSSR count). The molecule has 0 aliphatic heterocycles. The van der Waals surface area contributed by atoms with Gasteiger partial charge in [0.2, 0.25) is 11.7 Å². The third-order valence-corrected chi connectivity index (χ3v) is 7.00. The maximum Gasteiger partial charge on any atom is 0.267 e. The minimum absolute atomic E-state index is 0.0368. The highest BCUT2D eigenvalue weighted by Gasteiger charge is 2.28. The molecule has 9 heteroatoms. The van der Waals surface area contributed by atoms with Crippen LogP contribution in [-0.2, 0) is 4.79 Å². The highest BCUT2D eigenvalue weighted by atomic mass is 32.2. The van der Waals surface area contributed by atoms with Gasteiger partial charge in [0.05, 0.1) is 29.0 Å². The fourth-order valence-electron chi connectivity index (χ4n) is 4.47. The Hall–Kier alpha value is -3.33. The summed E-state index contributed by atoms with van der Waals surface area (Å²) in [6, 6.07) is 13.2. The smallest absolute Gasteiger partial charge is 0.267 e. The van der Waals surface area contributed by atoms with Crippen LogP contribution in [0.5, 0.6) is 5.75 Å². The molecule has 1 unspecified atom stereocenters. The number of carbonyl (C=O) groups is 1. The first kappa shape index (κ1) is 24.8. The number of thioether (sulfide) groups is 1. The lowest BCUT2D eigenvalue weighted by molar-refractivity contribution is -0.133. The van der Waals surface area contributed by atoms with E-state index in [9.17, 15) is 9.59 Å². The van der Waals surface area contributed by atoms with Crippen molar-refractivity contribution in [2.24, 2.45) is 0 Å². The van der Waals surface area contributed by atoms with Gasteiger partial charge in [0.1, 0.15) is 5.75 Å². The highest BCUT2D eigenvalue weighted by molar-refractivity contribution is 8.00. The molecular weight excluding hydrogens is 462 g/mol. The van der Waals surface area contributed by atoms with Gasteiger partial charge in [-0.25, -0.2) is 4.57 Å². The van der Waals surface area contributed by atoms with E-state index >= 15 is 0 Å². The van der Waals surface area contributed by atoms with Crippen molar-refractivity contribution in [3.63, 3.8) is 0 Å². The van der Waals surface area contributed by atoms with E-state index in [4.69, 9.17) is 4.74 Å². The minimum Gasteiger partial charge on any atom is -0.495 e. The molecule has 8 nitrogen and oxygen atoms in total. The lowest BCUT2D eigenvalue weighted by atomic mass is 10.2. The molecule has 35 heavy (non-hydrogen) atoms. The number of rotatable bonds is 7. The van der Waals surface area contributed by atoms with Gasteiger partial charge in [-0.1, -0.05) is 30.0 Å². The van der Waals surface area contributed by atoms with Crippen LogP contribution in [0.1, 0.15) is 40.2 Å². The average Bonchev–Trinajstić information content (AvgIpc) is 3.22. The number of hydrogen-bond acceptors (Lipinski definition) is 6. The average molecular weight is 494 g/mol. The lowest BCUT2D eigenvalue weighted by Crippen LogP contribution is -2.45. The van der Waals surface area contributed by atoms with Crippen molar-refractivity contribution in [1.82, 2.24) is 24.1 Å². The highest BCUT2D eigenvalue weighted by Crippen LogP contribution is 2.30. The Morgan fingerprint density at radius 1 is 1.03 bits per heavy atom. The number of aryl methyl sites for hydroxylation is 1. The van der Waals surface area contributed by atoms with Crippen molar-refractivity contribution in [2.45, 2.75) is 64.0 Å². The number of fused-ring (bicyclic) bond motifs is 3. The summed E-state index contributed by atoms with van der Waals surface area (Å²) in [4.78, 5) is 28.8. The summed E-state index contributed by atoms with van der Waals surface area (Å²) in [5.74, 6) is 0.958. The van der Waals surface area contributed by atoms with Crippen LogP contribution in [0.15, 0.2) is 52.4 Å². The summed E-state index contributed by atoms with van der Waals surface area (Å²) in [7, 11) is 1.57. The summed E-state index contributed by atoms with van der Waals surface area (Å²) in [5, 5.41) is 9.52. The molecule has 0 aliphatic rings. The Bertz CT molecular complexity index is 1450. The number of aromatic nitrogens is 4. The number of benzene rings is 2. The molecule has 0 radical (unpaired) electrons. The van der Waals surface area contributed by atoms with Crippen molar-refractivity contribution in [2.75, 3.05) is 7.11 Å². The molecule has 1 amide bonds. The Morgan fingerprint density at radius 3 is 2.37 bits per heavy atom. The summed E-state index contributed by atoms with van der Waals surface area (Å²) >= 11 is 1.34. The first-order chi connectivity index (χ1) is 16.6. The van der Waals surface area contributed by atoms with Crippen LogP contribution in [0, 0.1) is 6.92 Å². The molecule has 2 heterocycles. The monoisotopic (exact) mass is 493 g/mol. The van der Waals surface area contributed by atoms with Crippen molar-refractivity contribution < 1.29 is 9.53 Å². The van der Waals surface area contributed by atoms with Gasteiger partial charge in [-0.15, -0.1) is 10.2 Å². The normalized spacial score (nSPS) is 12.6. The van der Waals surface area contributed by atoms with Gasteiger partial charge in [-0.05, 0) is 71.4 Å². The van der Waals surface area contributed by atoms with Crippen molar-refractivity contribution in [1.29, 1.82) is 0 Å². The molecule has 2 aromatic heterocycles. The van der Waals surface area contributed by atoms with E-state index < -0.39 is 0 Å². The van der Waals surface area contributed by atoms with Gasteiger partial charge >= 0.3 is 0 Å². The van der Waals surface area contributed by atoms with E-state index in [-0.39, 0.29) is 28.8 Å². The van der Waals surface area contributed by atoms with Crippen LogP contribution in [0.2, 0.25) is 0 Å². The van der Waals surface area contributed by atoms with Gasteiger partial charge in [0.15, 0.2) is 5.16 Å². The molecule has 1 atom stereocenters. The predicted molar refractivity (Wildman–Crippen MR) is 140 cm³/mol. The van der Waals surface area contributed by atoms with Crippen LogP contribution in [0.25, 0.3) is 22.4 Å². The molecule has 0 saturated carbocycles. The fraction of sp³-hybridized carbons (Fsp3) is 0.385. The standard InChI is InChI=1S/C26H31N5O3S/c1-15(2)29(16(3)4)23(32)18(6)35-26-28-27-25-30(21-14-17(5)12-13-22(21)34-7)24(33)19-10-8-9-11-20(19)31(25)26/h8-16,18H,1-7H3. The zero-order valence-corrected chi connectivity index (χ0v) is 22.0. The maximum absolute atomic E-state index is 13.7. The van der Waals surface area contributed by atoms with E-state index in [0.29, 0.717) is 33.3 Å². The molecule has 0 saturated heterocycles. The summed E-state index contributed by atoms with van der Waals surface area (Å²) < 4.78 is 8.96. The van der Waals surface area contributed by atoms with E-state index in [0.717, 1.165) is 5.56 Å². The summed E-state index contributed by atoms with van der Waals surface area (Å²) in [6.07, 6.45) is 0. The van der Waals surface area contributed by atoms with Crippen molar-refractivity contribution in [3.05, 3.63) is 58.4 Å². The molecule has 0 spiro atoms. The SMILES string of the molecule is COc1ccc(C)cc1-n1c(=O)c2ccccc2n2c(SC(C)C(=O)N(C(C)C)C(C)C)nnc12. The quantitative estimate of drug-likeness (QED) is 0.353. The van der Waals surface area contributed by atoms with Crippen LogP contribution in [-0.4, -0.2) is 54.4 Å². The first-order valence-corrected chi connectivity index (χ1v) is 12.6. The molecule has 0 fully saturated rings. The third-order valence-electron chi connectivity index (χ3n) is 5.97. The number of nitrogens with zero attached hydrogens (tertiary/aromatic N) is 5. The number of methoxy groups -OCH3 is 1. The van der Waals surface area contributed by atoms with Crippen LogP contribution in [0.4, 0.5) is 0 Å². The zero-order chi connectivity index (χ0) is 25.4. The zero-order valence-electron chi connectivity index (χ0n) is 21.1. The van der Waals surface area contributed by atoms with Gasteiger partial charge < -0.3 is 9.64 Å². The molecular formula is C26H31N5O3S. The lowest BCUT2D eigenvalue weighted by Gasteiger charge is -2.32. The van der Waals surface area contributed by atoms with Crippen LogP contribution >= 0.6 is 11.8 Å². The second-order valence-corrected chi connectivity index (χ2v) is 10.5. The second-order valence-electron chi connectivity index (χ2n) is 9.14. The largest absolute Gasteiger partial charge is 0.495 e. The minimum atomic E-state index is -0.389. The summed E-state index contributed by atoms with van der Waals surface area (Å²) in [6.45, 7) is 11.9. The van der Waals surface area contributed by atoms with Gasteiger partial charge in [-0.3, -0.25) is 14.0 Å². The maximum atomic E-state index is 13.7. The topological polar surface area (TPSA) is 81.7 Å². The van der Waals surface area contributed by atoms with Crippen LogP contribution < -0.4 is 10.3 Å².